The quantitative estimate of drug-likeness (QED) is 0.886. The predicted octanol–water partition coefficient (Wildman–Crippen LogP) is 2.88. The fraction of sp³-hybridized carbons (Fsp3) is 0.143. The molecule has 0 amide bonds. The molecule has 7 heteroatoms. The van der Waals surface area contributed by atoms with Crippen LogP contribution in [-0.4, -0.2) is 8.42 Å². The molecule has 4 nitrogen and oxygen atoms in total. The van der Waals surface area contributed by atoms with E-state index in [1.807, 2.05) is 6.07 Å². The standard InChI is InChI=1S/C14H14ClFN2O2S/c15-13-5-4-12(7-14(13)16)18-21(19,20)9-11-3-1-2-10(6-11)8-17/h1-7,18H,8-9,17H2. The van der Waals surface area contributed by atoms with Crippen LogP contribution in [0.25, 0.3) is 0 Å². The molecule has 0 aliphatic carbocycles. The van der Waals surface area contributed by atoms with Crippen LogP contribution in [0.1, 0.15) is 11.1 Å². The van der Waals surface area contributed by atoms with E-state index in [0.29, 0.717) is 12.1 Å². The maximum Gasteiger partial charge on any atom is 0.236 e. The van der Waals surface area contributed by atoms with Crippen molar-refractivity contribution in [3.05, 3.63) is 64.4 Å². The van der Waals surface area contributed by atoms with E-state index in [4.69, 9.17) is 17.3 Å². The average Bonchev–Trinajstić information content (AvgIpc) is 2.42. The number of anilines is 1. The lowest BCUT2D eigenvalue weighted by Gasteiger charge is -2.09. The number of sulfonamides is 1. The van der Waals surface area contributed by atoms with Gasteiger partial charge in [0.25, 0.3) is 0 Å². The van der Waals surface area contributed by atoms with Crippen molar-refractivity contribution in [2.24, 2.45) is 5.73 Å². The molecule has 0 heterocycles. The van der Waals surface area contributed by atoms with Crippen molar-refractivity contribution in [1.82, 2.24) is 0 Å². The number of nitrogens with one attached hydrogen (secondary N) is 1. The normalized spacial score (nSPS) is 11.4. The lowest BCUT2D eigenvalue weighted by molar-refractivity contribution is 0.600. The zero-order chi connectivity index (χ0) is 15.5. The van der Waals surface area contributed by atoms with E-state index in [1.165, 1.54) is 12.1 Å². The van der Waals surface area contributed by atoms with Gasteiger partial charge in [0.15, 0.2) is 0 Å². The Hall–Kier alpha value is -1.63. The van der Waals surface area contributed by atoms with Crippen LogP contribution in [-0.2, 0) is 22.3 Å². The van der Waals surface area contributed by atoms with Crippen molar-refractivity contribution in [3.63, 3.8) is 0 Å². The third-order valence-electron chi connectivity index (χ3n) is 2.78. The second-order valence-corrected chi connectivity index (χ2v) is 6.64. The third kappa shape index (κ3) is 4.42. The Bertz CT molecular complexity index is 750. The van der Waals surface area contributed by atoms with E-state index in [1.54, 1.807) is 18.2 Å². The lowest BCUT2D eigenvalue weighted by atomic mass is 10.1. The van der Waals surface area contributed by atoms with Crippen molar-refractivity contribution >= 4 is 27.3 Å². The Morgan fingerprint density at radius 2 is 1.86 bits per heavy atom. The smallest absolute Gasteiger partial charge is 0.236 e. The van der Waals surface area contributed by atoms with Crippen molar-refractivity contribution in [2.75, 3.05) is 4.72 Å². The molecule has 2 aromatic carbocycles. The summed E-state index contributed by atoms with van der Waals surface area (Å²) in [6.45, 7) is 0.337. The molecule has 0 unspecified atom stereocenters. The minimum Gasteiger partial charge on any atom is -0.326 e. The summed E-state index contributed by atoms with van der Waals surface area (Å²) in [4.78, 5) is 0. The number of benzene rings is 2. The SMILES string of the molecule is NCc1cccc(CS(=O)(=O)Nc2ccc(Cl)c(F)c2)c1. The molecule has 0 atom stereocenters. The fourth-order valence-corrected chi connectivity index (χ4v) is 3.14. The number of rotatable bonds is 5. The van der Waals surface area contributed by atoms with Gasteiger partial charge in [0.05, 0.1) is 16.5 Å². The monoisotopic (exact) mass is 328 g/mol. The van der Waals surface area contributed by atoms with Gasteiger partial charge in [-0.15, -0.1) is 0 Å². The largest absolute Gasteiger partial charge is 0.326 e. The summed E-state index contributed by atoms with van der Waals surface area (Å²) < 4.78 is 39.7. The number of hydrogen-bond acceptors (Lipinski definition) is 3. The van der Waals surface area contributed by atoms with Crippen LogP contribution in [0.2, 0.25) is 5.02 Å². The van der Waals surface area contributed by atoms with Gasteiger partial charge in [0, 0.05) is 6.54 Å². The summed E-state index contributed by atoms with van der Waals surface area (Å²) in [6.07, 6.45) is 0. The van der Waals surface area contributed by atoms with Gasteiger partial charge in [-0.2, -0.15) is 0 Å². The van der Waals surface area contributed by atoms with E-state index >= 15 is 0 Å². The summed E-state index contributed by atoms with van der Waals surface area (Å²) in [7, 11) is -3.64. The van der Waals surface area contributed by atoms with Gasteiger partial charge in [-0.05, 0) is 29.3 Å². The summed E-state index contributed by atoms with van der Waals surface area (Å²) in [6, 6.07) is 10.7. The lowest BCUT2D eigenvalue weighted by Crippen LogP contribution is -2.15. The molecule has 0 aliphatic heterocycles. The molecule has 2 aromatic rings. The molecular formula is C14H14ClFN2O2S. The topological polar surface area (TPSA) is 72.2 Å². The second kappa shape index (κ2) is 6.43. The van der Waals surface area contributed by atoms with E-state index in [9.17, 15) is 12.8 Å². The van der Waals surface area contributed by atoms with Gasteiger partial charge < -0.3 is 5.73 Å². The van der Waals surface area contributed by atoms with Crippen LogP contribution >= 0.6 is 11.6 Å². The Morgan fingerprint density at radius 3 is 2.52 bits per heavy atom. The van der Waals surface area contributed by atoms with E-state index in [2.05, 4.69) is 4.72 Å². The Labute approximate surface area is 127 Å². The molecule has 2 rings (SSSR count). The second-order valence-electron chi connectivity index (χ2n) is 4.51. The van der Waals surface area contributed by atoms with Crippen LogP contribution in [0.4, 0.5) is 10.1 Å². The summed E-state index contributed by atoms with van der Waals surface area (Å²) in [5, 5.41) is -0.0615. The van der Waals surface area contributed by atoms with Gasteiger partial charge in [0.2, 0.25) is 10.0 Å². The first-order chi connectivity index (χ1) is 9.89. The number of hydrogen-bond donors (Lipinski definition) is 2. The molecular weight excluding hydrogens is 315 g/mol. The molecule has 112 valence electrons. The Balaban J connectivity index is 2.16. The molecule has 0 spiro atoms. The van der Waals surface area contributed by atoms with E-state index in [0.717, 1.165) is 11.6 Å². The van der Waals surface area contributed by atoms with Crippen molar-refractivity contribution in [3.8, 4) is 0 Å². The Morgan fingerprint density at radius 1 is 1.14 bits per heavy atom. The minimum absolute atomic E-state index is 0.0615. The molecule has 0 bridgehead atoms. The van der Waals surface area contributed by atoms with Crippen LogP contribution in [0, 0.1) is 5.82 Å². The maximum atomic E-state index is 13.3. The molecule has 0 radical (unpaired) electrons. The van der Waals surface area contributed by atoms with Crippen molar-refractivity contribution in [2.45, 2.75) is 12.3 Å². The first-order valence-corrected chi connectivity index (χ1v) is 8.16. The summed E-state index contributed by atoms with van der Waals surface area (Å²) >= 11 is 5.55. The summed E-state index contributed by atoms with van der Waals surface area (Å²) in [5.74, 6) is -0.896. The first-order valence-electron chi connectivity index (χ1n) is 6.13. The van der Waals surface area contributed by atoms with Crippen molar-refractivity contribution < 1.29 is 12.8 Å². The van der Waals surface area contributed by atoms with Gasteiger partial charge in [-0.3, -0.25) is 4.72 Å². The fourth-order valence-electron chi connectivity index (χ4n) is 1.84. The zero-order valence-electron chi connectivity index (χ0n) is 11.0. The average molecular weight is 329 g/mol. The van der Waals surface area contributed by atoms with Gasteiger partial charge >= 0.3 is 0 Å². The first kappa shape index (κ1) is 15.8. The van der Waals surface area contributed by atoms with E-state index < -0.39 is 15.8 Å². The van der Waals surface area contributed by atoms with Crippen LogP contribution < -0.4 is 10.5 Å². The van der Waals surface area contributed by atoms with Gasteiger partial charge in [-0.1, -0.05) is 35.9 Å². The molecule has 0 saturated carbocycles. The molecule has 0 aromatic heterocycles. The zero-order valence-corrected chi connectivity index (χ0v) is 12.6. The van der Waals surface area contributed by atoms with Crippen LogP contribution in [0.5, 0.6) is 0 Å². The number of nitrogens with two attached hydrogens (primary N) is 1. The highest BCUT2D eigenvalue weighted by Gasteiger charge is 2.13. The molecule has 0 fully saturated rings. The van der Waals surface area contributed by atoms with Gasteiger partial charge in [-0.25, -0.2) is 12.8 Å². The summed E-state index contributed by atoms with van der Waals surface area (Å²) in [5.41, 5.74) is 7.11. The Kier molecular flexibility index (Phi) is 4.82. The molecule has 21 heavy (non-hydrogen) atoms. The highest BCUT2D eigenvalue weighted by atomic mass is 35.5. The highest BCUT2D eigenvalue weighted by Crippen LogP contribution is 2.20. The third-order valence-corrected chi connectivity index (χ3v) is 4.34. The number of halogens is 2. The van der Waals surface area contributed by atoms with E-state index in [-0.39, 0.29) is 16.5 Å². The molecule has 0 saturated heterocycles. The van der Waals surface area contributed by atoms with Crippen molar-refractivity contribution in [1.29, 1.82) is 0 Å². The molecule has 3 N–H and O–H groups in total. The molecule has 0 aliphatic rings. The highest BCUT2D eigenvalue weighted by molar-refractivity contribution is 7.91. The van der Waals surface area contributed by atoms with Crippen LogP contribution in [0.15, 0.2) is 42.5 Å². The van der Waals surface area contributed by atoms with Crippen LogP contribution in [0.3, 0.4) is 0 Å². The predicted molar refractivity (Wildman–Crippen MR) is 82.0 cm³/mol. The maximum absolute atomic E-state index is 13.3. The van der Waals surface area contributed by atoms with Gasteiger partial charge in [0.1, 0.15) is 5.82 Å². The minimum atomic E-state index is -3.64.